The summed E-state index contributed by atoms with van der Waals surface area (Å²) in [5, 5.41) is 19.2. The Morgan fingerprint density at radius 2 is 2.21 bits per heavy atom. The predicted octanol–water partition coefficient (Wildman–Crippen LogP) is 0.894. The van der Waals surface area contributed by atoms with Crippen LogP contribution in [0.15, 0.2) is 16.3 Å². The molecule has 0 aliphatic carbocycles. The highest BCUT2D eigenvalue weighted by Crippen LogP contribution is 2.33. The minimum atomic E-state index is -3.98. The normalized spacial score (nSPS) is 20.5. The van der Waals surface area contributed by atoms with E-state index in [1.54, 1.807) is 0 Å². The maximum absolute atomic E-state index is 12.2. The van der Waals surface area contributed by atoms with E-state index in [1.807, 2.05) is 0 Å². The van der Waals surface area contributed by atoms with Crippen LogP contribution in [-0.4, -0.2) is 41.3 Å². The number of nitrogens with zero attached hydrogens (tertiary/aromatic N) is 2. The number of nitro groups is 1. The first kappa shape index (κ1) is 13.9. The third kappa shape index (κ3) is 2.46. The summed E-state index contributed by atoms with van der Waals surface area (Å²) in [5.74, 6) is -1.20. The minimum Gasteiger partial charge on any atom is -0.480 e. The van der Waals surface area contributed by atoms with Crippen LogP contribution in [0.1, 0.15) is 12.8 Å². The predicted molar refractivity (Wildman–Crippen MR) is 65.5 cm³/mol. The highest BCUT2D eigenvalue weighted by molar-refractivity contribution is 7.91. The van der Waals surface area contributed by atoms with Gasteiger partial charge >= 0.3 is 11.0 Å². The molecule has 0 amide bonds. The lowest BCUT2D eigenvalue weighted by molar-refractivity contribution is -0.380. The Hall–Kier alpha value is -1.52. The lowest BCUT2D eigenvalue weighted by Gasteiger charge is -2.19. The minimum absolute atomic E-state index is 0.116. The lowest BCUT2D eigenvalue weighted by atomic mass is 10.2. The Balaban J connectivity index is 2.36. The first-order valence-electron chi connectivity index (χ1n) is 5.33. The van der Waals surface area contributed by atoms with Crippen LogP contribution >= 0.6 is 11.3 Å². The summed E-state index contributed by atoms with van der Waals surface area (Å²) < 4.78 is 25.2. The van der Waals surface area contributed by atoms with Gasteiger partial charge in [0.1, 0.15) is 10.3 Å². The van der Waals surface area contributed by atoms with Crippen molar-refractivity contribution in [2.24, 2.45) is 0 Å². The highest BCUT2D eigenvalue weighted by Gasteiger charge is 2.40. The van der Waals surface area contributed by atoms with Crippen LogP contribution in [0.4, 0.5) is 5.00 Å². The van der Waals surface area contributed by atoms with Crippen molar-refractivity contribution in [2.45, 2.75) is 23.1 Å². The van der Waals surface area contributed by atoms with Gasteiger partial charge in [0.05, 0.1) is 4.92 Å². The number of carbonyl (C=O) groups is 1. The quantitative estimate of drug-likeness (QED) is 0.652. The Labute approximate surface area is 112 Å². The van der Waals surface area contributed by atoms with Crippen molar-refractivity contribution in [3.63, 3.8) is 0 Å². The van der Waals surface area contributed by atoms with Gasteiger partial charge in [0.25, 0.3) is 10.0 Å². The average Bonchev–Trinajstić information content (AvgIpc) is 2.98. The second-order valence-corrected chi connectivity index (χ2v) is 7.14. The van der Waals surface area contributed by atoms with Crippen LogP contribution in [0.3, 0.4) is 0 Å². The van der Waals surface area contributed by atoms with Gasteiger partial charge in [-0.05, 0) is 30.2 Å². The van der Waals surface area contributed by atoms with Crippen LogP contribution < -0.4 is 0 Å². The zero-order valence-corrected chi connectivity index (χ0v) is 11.2. The molecule has 104 valence electrons. The van der Waals surface area contributed by atoms with Crippen molar-refractivity contribution in [3.8, 4) is 0 Å². The Morgan fingerprint density at radius 1 is 1.53 bits per heavy atom. The van der Waals surface area contributed by atoms with E-state index < -0.39 is 27.0 Å². The summed E-state index contributed by atoms with van der Waals surface area (Å²) in [6.07, 6.45) is 0.714. The van der Waals surface area contributed by atoms with Gasteiger partial charge in [0.2, 0.25) is 0 Å². The maximum atomic E-state index is 12.2. The summed E-state index contributed by atoms with van der Waals surface area (Å²) in [6, 6.07) is 1.14. The van der Waals surface area contributed by atoms with E-state index >= 15 is 0 Å². The Kier molecular flexibility index (Phi) is 3.56. The summed E-state index contributed by atoms with van der Waals surface area (Å²) in [7, 11) is -3.98. The van der Waals surface area contributed by atoms with Gasteiger partial charge in [-0.2, -0.15) is 4.31 Å². The molecule has 1 N–H and O–H groups in total. The Bertz CT molecular complexity index is 622. The summed E-state index contributed by atoms with van der Waals surface area (Å²) in [5.41, 5.74) is 0. The molecule has 0 unspecified atom stereocenters. The molecule has 0 bridgehead atoms. The Morgan fingerprint density at radius 3 is 2.74 bits per heavy atom. The fraction of sp³-hybridized carbons (Fsp3) is 0.444. The van der Waals surface area contributed by atoms with E-state index in [2.05, 4.69) is 0 Å². The number of carboxylic acids is 1. The van der Waals surface area contributed by atoms with E-state index in [9.17, 15) is 23.3 Å². The lowest BCUT2D eigenvalue weighted by Crippen LogP contribution is -2.40. The molecule has 0 aromatic carbocycles. The maximum Gasteiger partial charge on any atom is 0.325 e. The number of carboxylic acid groups (broad SMARTS) is 1. The molecule has 2 rings (SSSR count). The third-order valence-corrected chi connectivity index (χ3v) is 6.21. The van der Waals surface area contributed by atoms with Crippen molar-refractivity contribution < 1.29 is 23.2 Å². The standard InChI is InChI=1S/C9H10N2O6S2/c12-9(13)6-2-1-5-10(6)19(16,17)8-4-3-7(18-8)11(14)15/h3-4,6H,1-2,5H2,(H,12,13)/t6-/m1/s1. The number of thiophene rings is 1. The van der Waals surface area contributed by atoms with Crippen LogP contribution in [0.25, 0.3) is 0 Å². The summed E-state index contributed by atoms with van der Waals surface area (Å²) >= 11 is 0.527. The van der Waals surface area contributed by atoms with E-state index in [1.165, 1.54) is 0 Å². The number of hydrogen-bond donors (Lipinski definition) is 1. The summed E-state index contributed by atoms with van der Waals surface area (Å²) in [4.78, 5) is 20.9. The van der Waals surface area contributed by atoms with E-state index in [0.717, 1.165) is 16.4 Å². The van der Waals surface area contributed by atoms with Gasteiger partial charge in [-0.25, -0.2) is 8.42 Å². The monoisotopic (exact) mass is 306 g/mol. The smallest absolute Gasteiger partial charge is 0.325 e. The molecule has 8 nitrogen and oxygen atoms in total. The molecule has 1 saturated heterocycles. The van der Waals surface area contributed by atoms with Crippen LogP contribution in [-0.2, 0) is 14.8 Å². The molecular weight excluding hydrogens is 296 g/mol. The van der Waals surface area contributed by atoms with Gasteiger partial charge < -0.3 is 5.11 Å². The zero-order chi connectivity index (χ0) is 14.2. The molecule has 10 heteroatoms. The topological polar surface area (TPSA) is 118 Å². The van der Waals surface area contributed by atoms with Gasteiger partial charge in [-0.1, -0.05) is 0 Å². The molecule has 1 aliphatic heterocycles. The van der Waals surface area contributed by atoms with E-state index in [0.29, 0.717) is 17.8 Å². The van der Waals surface area contributed by atoms with Crippen LogP contribution in [0, 0.1) is 10.1 Å². The summed E-state index contributed by atoms with van der Waals surface area (Å²) in [6.45, 7) is 0.116. The first-order chi connectivity index (χ1) is 8.84. The molecule has 0 saturated carbocycles. The number of rotatable bonds is 4. The van der Waals surface area contributed by atoms with Gasteiger partial charge in [-0.15, -0.1) is 0 Å². The van der Waals surface area contributed by atoms with Crippen molar-refractivity contribution >= 4 is 32.3 Å². The molecule has 1 fully saturated rings. The van der Waals surface area contributed by atoms with E-state index in [-0.39, 0.29) is 22.2 Å². The van der Waals surface area contributed by atoms with Gasteiger partial charge in [-0.3, -0.25) is 14.9 Å². The average molecular weight is 306 g/mol. The molecule has 1 atom stereocenters. The first-order valence-corrected chi connectivity index (χ1v) is 7.58. The number of hydrogen-bond acceptors (Lipinski definition) is 6. The van der Waals surface area contributed by atoms with Gasteiger partial charge in [0.15, 0.2) is 0 Å². The van der Waals surface area contributed by atoms with Crippen LogP contribution in [0.2, 0.25) is 0 Å². The van der Waals surface area contributed by atoms with Gasteiger partial charge in [0, 0.05) is 12.6 Å². The van der Waals surface area contributed by atoms with Crippen molar-refractivity contribution in [3.05, 3.63) is 22.2 Å². The molecule has 2 heterocycles. The van der Waals surface area contributed by atoms with Crippen LogP contribution in [0.5, 0.6) is 0 Å². The van der Waals surface area contributed by atoms with Crippen molar-refractivity contribution in [1.29, 1.82) is 0 Å². The molecule has 0 spiro atoms. The third-order valence-electron chi connectivity index (χ3n) is 2.80. The van der Waals surface area contributed by atoms with Crippen molar-refractivity contribution in [1.82, 2.24) is 4.31 Å². The van der Waals surface area contributed by atoms with E-state index in [4.69, 9.17) is 5.11 Å². The second kappa shape index (κ2) is 4.87. The molecule has 1 aromatic rings. The highest BCUT2D eigenvalue weighted by atomic mass is 32.2. The largest absolute Gasteiger partial charge is 0.480 e. The SMILES string of the molecule is O=C(O)[C@H]1CCCN1S(=O)(=O)c1ccc([N+](=O)[O-])s1. The van der Waals surface area contributed by atoms with Crippen molar-refractivity contribution in [2.75, 3.05) is 6.54 Å². The molecule has 0 radical (unpaired) electrons. The fourth-order valence-corrected chi connectivity index (χ4v) is 4.83. The zero-order valence-electron chi connectivity index (χ0n) is 9.55. The molecule has 1 aliphatic rings. The second-order valence-electron chi connectivity index (χ2n) is 3.96. The fourth-order valence-electron chi connectivity index (χ4n) is 1.94. The molecule has 19 heavy (non-hydrogen) atoms. The molecular formula is C9H10N2O6S2. The number of sulfonamides is 1. The number of aliphatic carboxylic acids is 1. The molecule has 1 aromatic heterocycles.